The Hall–Kier alpha value is -3.90. The van der Waals surface area contributed by atoms with Crippen LogP contribution in [-0.2, 0) is 19.2 Å². The first-order valence-corrected chi connectivity index (χ1v) is 17.6. The van der Waals surface area contributed by atoms with E-state index in [4.69, 9.17) is 11.6 Å². The quantitative estimate of drug-likeness (QED) is 0.257. The summed E-state index contributed by atoms with van der Waals surface area (Å²) in [5, 5.41) is 7.15. The Morgan fingerprint density at radius 2 is 1.48 bits per heavy atom. The molecule has 0 saturated heterocycles. The first kappa shape index (κ1) is 29.5. The van der Waals surface area contributed by atoms with E-state index >= 15 is 4.39 Å². The topological polar surface area (TPSA) is 159 Å². The second-order valence-corrected chi connectivity index (χ2v) is 14.6. The lowest BCUT2D eigenvalue weighted by Crippen LogP contribution is -2.36. The van der Waals surface area contributed by atoms with Crippen molar-refractivity contribution in [3.05, 3.63) is 53.1 Å². The fourth-order valence-electron chi connectivity index (χ4n) is 5.05. The lowest BCUT2D eigenvalue weighted by Gasteiger charge is -2.34. The summed E-state index contributed by atoms with van der Waals surface area (Å²) in [6.45, 7) is 0. The van der Waals surface area contributed by atoms with E-state index in [9.17, 15) is 19.2 Å². The molecule has 0 aromatic carbocycles. The van der Waals surface area contributed by atoms with Gasteiger partial charge in [0.2, 0.25) is 17.7 Å². The van der Waals surface area contributed by atoms with Gasteiger partial charge in [-0.1, -0.05) is 11.6 Å². The van der Waals surface area contributed by atoms with Crippen LogP contribution in [0.5, 0.6) is 0 Å². The molecule has 0 spiro atoms. The number of fused-ring (bicyclic) bond motifs is 4. The normalized spacial score (nSPS) is 18.5. The molecule has 4 aliphatic heterocycles. The van der Waals surface area contributed by atoms with Gasteiger partial charge in [-0.2, -0.15) is 0 Å². The minimum atomic E-state index is -1.15. The first-order valence-electron chi connectivity index (χ1n) is 13.4. The molecule has 8 rings (SSSR count). The van der Waals surface area contributed by atoms with E-state index in [0.29, 0.717) is 31.9 Å². The van der Waals surface area contributed by atoms with Gasteiger partial charge < -0.3 is 16.0 Å². The average Bonchev–Trinajstić information content (AvgIpc) is 3.04. The van der Waals surface area contributed by atoms with Crippen molar-refractivity contribution >= 4 is 111 Å². The van der Waals surface area contributed by atoms with Crippen LogP contribution in [0.1, 0.15) is 10.9 Å². The van der Waals surface area contributed by atoms with Crippen LogP contribution in [0.4, 0.5) is 33.3 Å². The number of anilines is 5. The van der Waals surface area contributed by atoms with Gasteiger partial charge in [-0.25, -0.2) is 24.3 Å². The SMILES string of the molecule is O=C1CSc2ccc(-c3n[c]cc4c3SC(c3nc5c(cc3Cl)SCC(=O)N5)C(=O)N4c3nc4c(cc3F)SCC(=O)N4)nc2N1. The Morgan fingerprint density at radius 3 is 2.20 bits per heavy atom. The molecule has 4 aromatic heterocycles. The molecule has 0 saturated carbocycles. The second-order valence-electron chi connectivity index (χ2n) is 10.0. The summed E-state index contributed by atoms with van der Waals surface area (Å²) in [5.41, 5.74) is 1.02. The summed E-state index contributed by atoms with van der Waals surface area (Å²) < 4.78 is 15.9. The Morgan fingerprint density at radius 1 is 0.848 bits per heavy atom. The first-order chi connectivity index (χ1) is 22.2. The second kappa shape index (κ2) is 11.4. The van der Waals surface area contributed by atoms with Gasteiger partial charge >= 0.3 is 0 Å². The van der Waals surface area contributed by atoms with Gasteiger partial charge in [0.25, 0.3) is 5.91 Å². The molecule has 1 atom stereocenters. The minimum absolute atomic E-state index is 0.103. The molecule has 1 unspecified atom stereocenters. The highest BCUT2D eigenvalue weighted by atomic mass is 35.5. The number of pyridine rings is 4. The molecule has 12 nitrogen and oxygen atoms in total. The molecule has 229 valence electrons. The lowest BCUT2D eigenvalue weighted by atomic mass is 10.1. The summed E-state index contributed by atoms with van der Waals surface area (Å²) in [5.74, 6) is -1.24. The van der Waals surface area contributed by atoms with Crippen molar-refractivity contribution in [1.82, 2.24) is 19.9 Å². The van der Waals surface area contributed by atoms with E-state index in [2.05, 4.69) is 42.1 Å². The highest BCUT2D eigenvalue weighted by Gasteiger charge is 2.42. The smallest absolute Gasteiger partial charge is 0.252 e. The summed E-state index contributed by atoms with van der Waals surface area (Å²) in [6, 6.07) is 7.83. The standard InChI is InChI=1S/C28H15ClFN8O4S4/c29-10-5-15-25(34-18(40)8-44-15)36-20(10)23-28(42)38(27-11(30)6-16-26(37-27)35-19(41)9-45-16)13-3-4-31-21(22(13)46-23)12-1-2-14-24(32-12)33-17(39)7-43-14/h1-3,5-6,23H,7-9H2,(H,32,33,39)(H,34,36,40)(H,35,37,41). The van der Waals surface area contributed by atoms with E-state index in [-0.39, 0.29) is 68.8 Å². The van der Waals surface area contributed by atoms with Crippen LogP contribution in [0.25, 0.3) is 11.4 Å². The number of rotatable bonds is 3. The number of carbonyl (C=O) groups excluding carboxylic acids is 4. The van der Waals surface area contributed by atoms with Crippen LogP contribution in [0.2, 0.25) is 5.02 Å². The number of aromatic nitrogens is 4. The van der Waals surface area contributed by atoms with Crippen LogP contribution in [0.15, 0.2) is 49.9 Å². The van der Waals surface area contributed by atoms with Crippen molar-refractivity contribution < 1.29 is 23.6 Å². The predicted molar refractivity (Wildman–Crippen MR) is 174 cm³/mol. The summed E-state index contributed by atoms with van der Waals surface area (Å²) >= 11 is 11.6. The van der Waals surface area contributed by atoms with Crippen LogP contribution in [0, 0.1) is 12.0 Å². The van der Waals surface area contributed by atoms with Gasteiger partial charge in [-0.05, 0) is 30.3 Å². The molecular weight excluding hydrogens is 695 g/mol. The lowest BCUT2D eigenvalue weighted by molar-refractivity contribution is -0.118. The number of nitrogens with zero attached hydrogens (tertiary/aromatic N) is 5. The maximum Gasteiger partial charge on any atom is 0.252 e. The molecule has 18 heteroatoms. The van der Waals surface area contributed by atoms with Crippen molar-refractivity contribution in [3.63, 3.8) is 0 Å². The monoisotopic (exact) mass is 709 g/mol. The highest BCUT2D eigenvalue weighted by molar-refractivity contribution is 8.01. The fourth-order valence-corrected chi connectivity index (χ4v) is 9.04. The van der Waals surface area contributed by atoms with Crippen LogP contribution in [-0.4, -0.2) is 60.8 Å². The maximum absolute atomic E-state index is 15.9. The van der Waals surface area contributed by atoms with Crippen molar-refractivity contribution in [1.29, 1.82) is 0 Å². The van der Waals surface area contributed by atoms with Gasteiger partial charge in [0.05, 0.1) is 65.1 Å². The number of amides is 4. The largest absolute Gasteiger partial charge is 0.309 e. The number of thioether (sulfide) groups is 4. The molecule has 1 radical (unpaired) electrons. The number of hydrogen-bond donors (Lipinski definition) is 3. The molecule has 4 aliphatic rings. The average molecular weight is 710 g/mol. The molecule has 8 heterocycles. The van der Waals surface area contributed by atoms with E-state index in [1.54, 1.807) is 12.1 Å². The zero-order valence-corrected chi connectivity index (χ0v) is 26.9. The zero-order valence-electron chi connectivity index (χ0n) is 22.8. The Labute approximate surface area is 280 Å². The van der Waals surface area contributed by atoms with E-state index in [1.807, 2.05) is 6.07 Å². The van der Waals surface area contributed by atoms with Gasteiger partial charge in [0.15, 0.2) is 11.6 Å². The third-order valence-corrected chi connectivity index (χ3v) is 11.8. The molecule has 46 heavy (non-hydrogen) atoms. The van der Waals surface area contributed by atoms with Crippen molar-refractivity contribution in [2.24, 2.45) is 0 Å². The zero-order chi connectivity index (χ0) is 31.7. The van der Waals surface area contributed by atoms with Crippen molar-refractivity contribution in [2.45, 2.75) is 24.8 Å². The van der Waals surface area contributed by atoms with Gasteiger partial charge in [-0.15, -0.1) is 47.0 Å². The maximum atomic E-state index is 15.9. The Balaban J connectivity index is 1.32. The molecule has 4 aromatic rings. The number of hydrogen-bond acceptors (Lipinski definition) is 12. The third kappa shape index (κ3) is 5.06. The number of halogens is 2. The van der Waals surface area contributed by atoms with Gasteiger partial charge in [0, 0.05) is 0 Å². The Kier molecular flexibility index (Phi) is 7.32. The number of nitrogens with one attached hydrogen (secondary N) is 3. The van der Waals surface area contributed by atoms with E-state index in [0.717, 1.165) is 33.3 Å². The molecule has 3 N–H and O–H groups in total. The number of carbonyl (C=O) groups is 4. The molecule has 0 bridgehead atoms. The van der Waals surface area contributed by atoms with Crippen LogP contribution < -0.4 is 20.9 Å². The molecular formula is C28H15ClFN8O4S4. The fraction of sp³-hybridized carbons (Fsp3) is 0.143. The van der Waals surface area contributed by atoms with Crippen LogP contribution >= 0.6 is 58.6 Å². The molecule has 4 amide bonds. The minimum Gasteiger partial charge on any atom is -0.309 e. The highest BCUT2D eigenvalue weighted by Crippen LogP contribution is 2.53. The molecule has 0 fully saturated rings. The van der Waals surface area contributed by atoms with Crippen LogP contribution in [0.3, 0.4) is 0 Å². The molecule has 0 aliphatic carbocycles. The third-order valence-electron chi connectivity index (χ3n) is 7.05. The van der Waals surface area contributed by atoms with Gasteiger partial charge in [-0.3, -0.25) is 24.1 Å². The Bertz CT molecular complexity index is 2070. The van der Waals surface area contributed by atoms with E-state index < -0.39 is 17.0 Å². The predicted octanol–water partition coefficient (Wildman–Crippen LogP) is 5.17. The van der Waals surface area contributed by atoms with Crippen molar-refractivity contribution in [3.8, 4) is 11.4 Å². The summed E-state index contributed by atoms with van der Waals surface area (Å²) in [6.07, 6.45) is 2.79. The van der Waals surface area contributed by atoms with E-state index in [1.165, 1.54) is 35.7 Å². The summed E-state index contributed by atoms with van der Waals surface area (Å²) in [4.78, 5) is 72.3. The van der Waals surface area contributed by atoms with Crippen molar-refractivity contribution in [2.75, 3.05) is 38.1 Å². The van der Waals surface area contributed by atoms with Gasteiger partial charge in [0.1, 0.15) is 28.4 Å². The summed E-state index contributed by atoms with van der Waals surface area (Å²) in [7, 11) is 0.